The highest BCUT2D eigenvalue weighted by Crippen LogP contribution is 2.22. The van der Waals surface area contributed by atoms with Crippen molar-refractivity contribution < 1.29 is 13.2 Å². The SMILES string of the molecule is C[C@@H](CNS(=O)(=O)c1cnn(C2CCOCC2)c1)c1nccs1. The lowest BCUT2D eigenvalue weighted by molar-refractivity contribution is 0.0662. The maximum atomic E-state index is 12.4. The van der Waals surface area contributed by atoms with Gasteiger partial charge in [0.1, 0.15) is 4.90 Å². The van der Waals surface area contributed by atoms with Crippen LogP contribution in [0.15, 0.2) is 28.9 Å². The molecule has 1 aliphatic heterocycles. The van der Waals surface area contributed by atoms with Crippen LogP contribution in [0.3, 0.4) is 0 Å². The molecule has 0 radical (unpaired) electrons. The molecule has 0 unspecified atom stereocenters. The Bertz CT molecular complexity index is 721. The second-order valence-electron chi connectivity index (χ2n) is 5.62. The van der Waals surface area contributed by atoms with Gasteiger partial charge in [0.2, 0.25) is 10.0 Å². The summed E-state index contributed by atoms with van der Waals surface area (Å²) >= 11 is 1.53. The third-order valence-electron chi connectivity index (χ3n) is 3.91. The van der Waals surface area contributed by atoms with Crippen LogP contribution in [0.5, 0.6) is 0 Å². The van der Waals surface area contributed by atoms with Crippen LogP contribution in [0.25, 0.3) is 0 Å². The molecule has 1 atom stereocenters. The van der Waals surface area contributed by atoms with Crippen LogP contribution >= 0.6 is 11.3 Å². The van der Waals surface area contributed by atoms with E-state index < -0.39 is 10.0 Å². The summed E-state index contributed by atoms with van der Waals surface area (Å²) in [4.78, 5) is 4.41. The molecule has 0 amide bonds. The van der Waals surface area contributed by atoms with E-state index in [1.807, 2.05) is 12.3 Å². The van der Waals surface area contributed by atoms with E-state index in [1.54, 1.807) is 17.1 Å². The summed E-state index contributed by atoms with van der Waals surface area (Å²) in [5, 5.41) is 7.02. The number of aromatic nitrogens is 3. The number of ether oxygens (including phenoxy) is 1. The van der Waals surface area contributed by atoms with E-state index in [9.17, 15) is 8.42 Å². The van der Waals surface area contributed by atoms with Gasteiger partial charge in [0, 0.05) is 43.5 Å². The maximum absolute atomic E-state index is 12.4. The molecular formula is C14H20N4O3S2. The van der Waals surface area contributed by atoms with Crippen molar-refractivity contribution in [2.45, 2.75) is 36.6 Å². The van der Waals surface area contributed by atoms with Gasteiger partial charge in [0.15, 0.2) is 0 Å². The highest BCUT2D eigenvalue weighted by atomic mass is 32.2. The largest absolute Gasteiger partial charge is 0.381 e. The van der Waals surface area contributed by atoms with Crippen molar-refractivity contribution in [1.29, 1.82) is 0 Å². The van der Waals surface area contributed by atoms with Crippen LogP contribution in [-0.4, -0.2) is 42.9 Å². The van der Waals surface area contributed by atoms with Gasteiger partial charge in [-0.25, -0.2) is 18.1 Å². The Morgan fingerprint density at radius 3 is 2.96 bits per heavy atom. The van der Waals surface area contributed by atoms with Crippen LogP contribution in [-0.2, 0) is 14.8 Å². The number of nitrogens with zero attached hydrogens (tertiary/aromatic N) is 3. The Morgan fingerprint density at radius 2 is 2.26 bits per heavy atom. The first-order chi connectivity index (χ1) is 11.1. The molecule has 3 heterocycles. The van der Waals surface area contributed by atoms with Crippen LogP contribution in [0.4, 0.5) is 0 Å². The normalized spacial score (nSPS) is 18.1. The summed E-state index contributed by atoms with van der Waals surface area (Å²) in [7, 11) is -3.55. The van der Waals surface area contributed by atoms with Crippen molar-refractivity contribution in [2.75, 3.05) is 19.8 Å². The molecule has 23 heavy (non-hydrogen) atoms. The molecule has 0 aromatic carbocycles. The zero-order valence-electron chi connectivity index (χ0n) is 12.9. The van der Waals surface area contributed by atoms with Crippen LogP contribution in [0.2, 0.25) is 0 Å². The number of sulfonamides is 1. The van der Waals surface area contributed by atoms with Gasteiger partial charge in [-0.15, -0.1) is 11.3 Å². The Balaban J connectivity index is 1.64. The molecule has 0 aliphatic carbocycles. The van der Waals surface area contributed by atoms with Gasteiger partial charge >= 0.3 is 0 Å². The fourth-order valence-corrected chi connectivity index (χ4v) is 4.26. The molecule has 0 bridgehead atoms. The van der Waals surface area contributed by atoms with Gasteiger partial charge in [-0.2, -0.15) is 5.10 Å². The minimum Gasteiger partial charge on any atom is -0.381 e. The number of hydrogen-bond acceptors (Lipinski definition) is 6. The molecule has 0 saturated carbocycles. The van der Waals surface area contributed by atoms with Gasteiger partial charge in [-0.05, 0) is 12.8 Å². The first kappa shape index (κ1) is 16.6. The summed E-state index contributed by atoms with van der Waals surface area (Å²) < 4.78 is 34.5. The molecule has 1 aliphatic rings. The Kier molecular flexibility index (Phi) is 5.10. The molecule has 3 rings (SSSR count). The second kappa shape index (κ2) is 7.08. The van der Waals surface area contributed by atoms with Crippen LogP contribution < -0.4 is 4.72 Å². The highest BCUT2D eigenvalue weighted by Gasteiger charge is 2.22. The van der Waals surface area contributed by atoms with Gasteiger partial charge in [0.25, 0.3) is 0 Å². The van der Waals surface area contributed by atoms with Gasteiger partial charge in [0.05, 0.1) is 17.2 Å². The first-order valence-corrected chi connectivity index (χ1v) is 9.93. The fourth-order valence-electron chi connectivity index (χ4n) is 2.49. The molecule has 1 N–H and O–H groups in total. The molecule has 0 spiro atoms. The lowest BCUT2D eigenvalue weighted by Gasteiger charge is -2.22. The van der Waals surface area contributed by atoms with Crippen molar-refractivity contribution >= 4 is 21.4 Å². The van der Waals surface area contributed by atoms with Crippen LogP contribution in [0.1, 0.15) is 36.7 Å². The van der Waals surface area contributed by atoms with Gasteiger partial charge < -0.3 is 4.74 Å². The maximum Gasteiger partial charge on any atom is 0.243 e. The average Bonchev–Trinajstić information content (AvgIpc) is 3.25. The Hall–Kier alpha value is -1.29. The second-order valence-corrected chi connectivity index (χ2v) is 8.32. The lowest BCUT2D eigenvalue weighted by Crippen LogP contribution is -2.27. The van der Waals surface area contributed by atoms with Crippen molar-refractivity contribution in [1.82, 2.24) is 19.5 Å². The first-order valence-electron chi connectivity index (χ1n) is 7.57. The predicted molar refractivity (Wildman–Crippen MR) is 87.0 cm³/mol. The third kappa shape index (κ3) is 3.97. The number of nitrogens with one attached hydrogen (secondary N) is 1. The topological polar surface area (TPSA) is 86.1 Å². The summed E-state index contributed by atoms with van der Waals surface area (Å²) in [6.07, 6.45) is 6.45. The summed E-state index contributed by atoms with van der Waals surface area (Å²) in [5.41, 5.74) is 0. The lowest BCUT2D eigenvalue weighted by atomic mass is 10.1. The van der Waals surface area contributed by atoms with Gasteiger partial charge in [-0.1, -0.05) is 6.92 Å². The molecule has 9 heteroatoms. The molecule has 2 aromatic heterocycles. The van der Waals surface area contributed by atoms with Gasteiger partial charge in [-0.3, -0.25) is 4.68 Å². The Morgan fingerprint density at radius 1 is 1.48 bits per heavy atom. The number of rotatable bonds is 6. The predicted octanol–water partition coefficient (Wildman–Crippen LogP) is 1.77. The molecule has 2 aromatic rings. The van der Waals surface area contributed by atoms with Crippen molar-refractivity contribution in [3.63, 3.8) is 0 Å². The van der Waals surface area contributed by atoms with Crippen LogP contribution in [0, 0.1) is 0 Å². The smallest absolute Gasteiger partial charge is 0.243 e. The zero-order valence-corrected chi connectivity index (χ0v) is 14.5. The van der Waals surface area contributed by atoms with E-state index in [-0.39, 0.29) is 16.9 Å². The Labute approximate surface area is 139 Å². The highest BCUT2D eigenvalue weighted by molar-refractivity contribution is 7.89. The van der Waals surface area contributed by atoms with Crippen molar-refractivity contribution in [2.24, 2.45) is 0 Å². The molecule has 7 nitrogen and oxygen atoms in total. The summed E-state index contributed by atoms with van der Waals surface area (Å²) in [6, 6.07) is 0.210. The molecular weight excluding hydrogens is 336 g/mol. The number of thiazole rings is 1. The summed E-state index contributed by atoms with van der Waals surface area (Å²) in [6.45, 7) is 3.65. The molecule has 1 saturated heterocycles. The minimum absolute atomic E-state index is 0.0373. The standard InChI is InChI=1S/C14H20N4O3S2/c1-11(14-15-4-7-22-14)8-17-23(19,20)13-9-16-18(10-13)12-2-5-21-6-3-12/h4,7,9-12,17H,2-3,5-6,8H2,1H3/t11-/m0/s1. The summed E-state index contributed by atoms with van der Waals surface area (Å²) in [5.74, 6) is 0.0373. The van der Waals surface area contributed by atoms with Crippen molar-refractivity contribution in [3.05, 3.63) is 29.0 Å². The average molecular weight is 356 g/mol. The van der Waals surface area contributed by atoms with E-state index in [2.05, 4.69) is 14.8 Å². The third-order valence-corrected chi connectivity index (χ3v) is 6.29. The zero-order chi connectivity index (χ0) is 16.3. The monoisotopic (exact) mass is 356 g/mol. The van der Waals surface area contributed by atoms with E-state index in [0.29, 0.717) is 19.8 Å². The van der Waals surface area contributed by atoms with E-state index in [0.717, 1.165) is 17.8 Å². The molecule has 126 valence electrons. The van der Waals surface area contributed by atoms with Crippen molar-refractivity contribution in [3.8, 4) is 0 Å². The fraction of sp³-hybridized carbons (Fsp3) is 0.571. The number of hydrogen-bond donors (Lipinski definition) is 1. The minimum atomic E-state index is -3.55. The quantitative estimate of drug-likeness (QED) is 0.852. The van der Waals surface area contributed by atoms with E-state index in [1.165, 1.54) is 17.5 Å². The van der Waals surface area contributed by atoms with E-state index in [4.69, 9.17) is 4.74 Å². The molecule has 1 fully saturated rings. The van der Waals surface area contributed by atoms with E-state index >= 15 is 0 Å².